The molecule has 2 aromatic carbocycles. The highest BCUT2D eigenvalue weighted by Crippen LogP contribution is 2.26. The molecule has 0 spiro atoms. The third kappa shape index (κ3) is 3.40. The van der Waals surface area contributed by atoms with Crippen molar-refractivity contribution in [1.82, 2.24) is 5.32 Å². The molecule has 0 aliphatic carbocycles. The third-order valence-corrected chi connectivity index (χ3v) is 3.80. The maximum Gasteiger partial charge on any atom is 0.128 e. The monoisotopic (exact) mass is 269 g/mol. The van der Waals surface area contributed by atoms with E-state index < -0.39 is 0 Å². The van der Waals surface area contributed by atoms with Crippen LogP contribution in [0.2, 0.25) is 0 Å². The van der Waals surface area contributed by atoms with Crippen LogP contribution in [-0.2, 0) is 0 Å². The van der Waals surface area contributed by atoms with Gasteiger partial charge in [0.15, 0.2) is 0 Å². The molecular formula is C16H15NOS. The number of hydrogen-bond donors (Lipinski definition) is 1. The average molecular weight is 269 g/mol. The molecule has 0 unspecified atom stereocenters. The van der Waals surface area contributed by atoms with Crippen LogP contribution in [0.1, 0.15) is 5.56 Å². The number of nitrogens with one attached hydrogen (secondary N) is 1. The molecule has 1 saturated heterocycles. The topological polar surface area (TPSA) is 21.3 Å². The highest BCUT2D eigenvalue weighted by molar-refractivity contribution is 8.03. The fourth-order valence-electron chi connectivity index (χ4n) is 1.94. The predicted molar refractivity (Wildman–Crippen MR) is 81.4 cm³/mol. The van der Waals surface area contributed by atoms with Gasteiger partial charge in [0.05, 0.1) is 0 Å². The Morgan fingerprint density at radius 1 is 1.00 bits per heavy atom. The van der Waals surface area contributed by atoms with Crippen LogP contribution in [0.3, 0.4) is 0 Å². The van der Waals surface area contributed by atoms with Crippen LogP contribution in [-0.4, -0.2) is 12.4 Å². The smallest absolute Gasteiger partial charge is 0.128 e. The van der Waals surface area contributed by atoms with Crippen LogP contribution in [0.15, 0.2) is 59.5 Å². The Morgan fingerprint density at radius 3 is 2.63 bits per heavy atom. The van der Waals surface area contributed by atoms with Gasteiger partial charge >= 0.3 is 0 Å². The van der Waals surface area contributed by atoms with E-state index in [1.807, 2.05) is 54.2 Å². The first-order valence-electron chi connectivity index (χ1n) is 6.27. The summed E-state index contributed by atoms with van der Waals surface area (Å²) in [5, 5.41) is 3.31. The number of ether oxygens (including phenoxy) is 1. The molecule has 2 aromatic rings. The molecule has 3 rings (SSSR count). The van der Waals surface area contributed by atoms with Crippen molar-refractivity contribution in [1.29, 1.82) is 0 Å². The summed E-state index contributed by atoms with van der Waals surface area (Å²) in [5.41, 5.74) is 1.18. The quantitative estimate of drug-likeness (QED) is 0.906. The summed E-state index contributed by atoms with van der Waals surface area (Å²) >= 11 is 1.86. The normalized spacial score (nSPS) is 16.7. The molecule has 0 atom stereocenters. The highest BCUT2D eigenvalue weighted by atomic mass is 32.2. The first-order valence-corrected chi connectivity index (χ1v) is 7.26. The van der Waals surface area contributed by atoms with Crippen molar-refractivity contribution >= 4 is 17.8 Å². The molecule has 1 aliphatic heterocycles. The number of thioether (sulfide) groups is 1. The van der Waals surface area contributed by atoms with Gasteiger partial charge in [0.2, 0.25) is 0 Å². The zero-order chi connectivity index (χ0) is 12.9. The van der Waals surface area contributed by atoms with Crippen LogP contribution in [0.25, 0.3) is 6.08 Å². The van der Waals surface area contributed by atoms with Gasteiger partial charge in [-0.05, 0) is 35.9 Å². The van der Waals surface area contributed by atoms with Gasteiger partial charge in [0, 0.05) is 17.3 Å². The second-order valence-corrected chi connectivity index (χ2v) is 5.42. The Hall–Kier alpha value is -1.71. The average Bonchev–Trinajstić information content (AvgIpc) is 2.93. The van der Waals surface area contributed by atoms with Crippen molar-refractivity contribution < 1.29 is 4.74 Å². The summed E-state index contributed by atoms with van der Waals surface area (Å²) in [7, 11) is 0. The molecule has 3 heteroatoms. The van der Waals surface area contributed by atoms with Gasteiger partial charge in [-0.3, -0.25) is 0 Å². The van der Waals surface area contributed by atoms with Gasteiger partial charge in [-0.25, -0.2) is 0 Å². The molecule has 0 bridgehead atoms. The lowest BCUT2D eigenvalue weighted by Gasteiger charge is -2.06. The number of benzene rings is 2. The summed E-state index contributed by atoms with van der Waals surface area (Å²) < 4.78 is 5.83. The first kappa shape index (κ1) is 12.3. The summed E-state index contributed by atoms with van der Waals surface area (Å²) in [6, 6.07) is 18.0. The minimum absolute atomic E-state index is 0.865. The van der Waals surface area contributed by atoms with E-state index in [0.29, 0.717) is 0 Å². The number of rotatable bonds is 3. The Bertz CT molecular complexity index is 572. The van der Waals surface area contributed by atoms with Crippen molar-refractivity contribution in [2.24, 2.45) is 0 Å². The summed E-state index contributed by atoms with van der Waals surface area (Å²) in [4.78, 5) is 1.37. The molecule has 1 aliphatic rings. The SMILES string of the molecule is C(=C1CNCS1)c1cccc(Oc2ccccc2)c1. The lowest BCUT2D eigenvalue weighted by molar-refractivity contribution is 0.482. The van der Waals surface area contributed by atoms with Gasteiger partial charge < -0.3 is 10.1 Å². The molecule has 1 fully saturated rings. The van der Waals surface area contributed by atoms with Gasteiger partial charge in [-0.15, -0.1) is 11.8 Å². The largest absolute Gasteiger partial charge is 0.457 e. The van der Waals surface area contributed by atoms with Crippen molar-refractivity contribution in [3.05, 3.63) is 65.1 Å². The summed E-state index contributed by atoms with van der Waals surface area (Å²) in [6.45, 7) is 0.967. The fourth-order valence-corrected chi connectivity index (χ4v) is 2.75. The number of para-hydroxylation sites is 1. The van der Waals surface area contributed by atoms with E-state index in [9.17, 15) is 0 Å². The molecule has 0 radical (unpaired) electrons. The first-order chi connectivity index (χ1) is 9.40. The summed E-state index contributed by atoms with van der Waals surface area (Å²) in [5.74, 6) is 2.74. The third-order valence-electron chi connectivity index (χ3n) is 2.82. The molecule has 96 valence electrons. The minimum Gasteiger partial charge on any atom is -0.457 e. The zero-order valence-electron chi connectivity index (χ0n) is 10.5. The minimum atomic E-state index is 0.865. The molecule has 19 heavy (non-hydrogen) atoms. The molecule has 0 amide bonds. The van der Waals surface area contributed by atoms with Crippen LogP contribution < -0.4 is 10.1 Å². The van der Waals surface area contributed by atoms with E-state index in [1.165, 1.54) is 10.5 Å². The van der Waals surface area contributed by atoms with Gasteiger partial charge in [-0.1, -0.05) is 30.3 Å². The highest BCUT2D eigenvalue weighted by Gasteiger charge is 2.06. The van der Waals surface area contributed by atoms with Crippen LogP contribution in [0, 0.1) is 0 Å². The van der Waals surface area contributed by atoms with Crippen molar-refractivity contribution in [3.63, 3.8) is 0 Å². The Balaban J connectivity index is 1.78. The second kappa shape index (κ2) is 5.95. The van der Waals surface area contributed by atoms with Gasteiger partial charge in [0.1, 0.15) is 11.5 Å². The predicted octanol–water partition coefficient (Wildman–Crippen LogP) is 4.11. The number of hydrogen-bond acceptors (Lipinski definition) is 3. The van der Waals surface area contributed by atoms with Crippen molar-refractivity contribution in [2.75, 3.05) is 12.4 Å². The van der Waals surface area contributed by atoms with Crippen LogP contribution in [0.5, 0.6) is 11.5 Å². The maximum absolute atomic E-state index is 5.83. The van der Waals surface area contributed by atoms with Crippen molar-refractivity contribution in [3.8, 4) is 11.5 Å². The molecule has 1 heterocycles. The summed E-state index contributed by atoms with van der Waals surface area (Å²) in [6.07, 6.45) is 2.21. The van der Waals surface area contributed by atoms with E-state index in [4.69, 9.17) is 4.74 Å². The lowest BCUT2D eigenvalue weighted by Crippen LogP contribution is -2.04. The molecule has 0 aromatic heterocycles. The van der Waals surface area contributed by atoms with Gasteiger partial charge in [0.25, 0.3) is 0 Å². The maximum atomic E-state index is 5.83. The van der Waals surface area contributed by atoms with E-state index in [-0.39, 0.29) is 0 Å². The lowest BCUT2D eigenvalue weighted by atomic mass is 10.2. The second-order valence-electron chi connectivity index (χ2n) is 4.31. The van der Waals surface area contributed by atoms with E-state index in [0.717, 1.165) is 23.9 Å². The van der Waals surface area contributed by atoms with E-state index in [2.05, 4.69) is 23.5 Å². The fraction of sp³-hybridized carbons (Fsp3) is 0.125. The molecular weight excluding hydrogens is 254 g/mol. The molecule has 1 N–H and O–H groups in total. The molecule has 0 saturated carbocycles. The van der Waals surface area contributed by atoms with Gasteiger partial charge in [-0.2, -0.15) is 0 Å². The molecule has 2 nitrogen and oxygen atoms in total. The Morgan fingerprint density at radius 2 is 1.84 bits per heavy atom. The standard InChI is InChI=1S/C16H15NOS/c1-2-6-14(7-3-1)18-15-8-4-5-13(9-15)10-16-11-17-12-19-16/h1-10,17H,11-12H2. The zero-order valence-corrected chi connectivity index (χ0v) is 11.3. The van der Waals surface area contributed by atoms with Crippen molar-refractivity contribution in [2.45, 2.75) is 0 Å². The van der Waals surface area contributed by atoms with Crippen LogP contribution >= 0.6 is 11.8 Å². The van der Waals surface area contributed by atoms with E-state index >= 15 is 0 Å². The Kier molecular flexibility index (Phi) is 3.86. The Labute approximate surface area is 117 Å². The van der Waals surface area contributed by atoms with E-state index in [1.54, 1.807) is 0 Å². The van der Waals surface area contributed by atoms with Crippen LogP contribution in [0.4, 0.5) is 0 Å².